The van der Waals surface area contributed by atoms with Gasteiger partial charge in [0.1, 0.15) is 5.75 Å². The van der Waals surface area contributed by atoms with E-state index in [1.54, 1.807) is 0 Å². The van der Waals surface area contributed by atoms with Crippen LogP contribution in [0.4, 0.5) is 0 Å². The standard InChI is InChI=1S/C23H28O4/c1-2-3-10-15-27-22-17-19-12-9-8-11-18(19)16-20(22)21(24)13-6-4-5-7-14-23(25)26/h8-9,11-12,16-17,21,24H,2-3,5,7,10,13-15H2,1H3,(H,25,26)/p-1. The van der Waals surface area contributed by atoms with E-state index in [0.29, 0.717) is 25.2 Å². The summed E-state index contributed by atoms with van der Waals surface area (Å²) in [5.74, 6) is 5.50. The van der Waals surface area contributed by atoms with Crippen LogP contribution in [-0.4, -0.2) is 17.7 Å². The molecule has 0 saturated heterocycles. The van der Waals surface area contributed by atoms with E-state index in [1.807, 2.05) is 36.4 Å². The minimum absolute atomic E-state index is 0.0116. The molecule has 144 valence electrons. The zero-order chi connectivity index (χ0) is 19.5. The van der Waals surface area contributed by atoms with Crippen molar-refractivity contribution in [1.29, 1.82) is 0 Å². The second-order valence-electron chi connectivity index (χ2n) is 6.59. The second kappa shape index (κ2) is 11.3. The molecule has 2 aromatic carbocycles. The van der Waals surface area contributed by atoms with E-state index in [9.17, 15) is 15.0 Å². The molecule has 0 saturated carbocycles. The minimum atomic E-state index is -1.06. The van der Waals surface area contributed by atoms with E-state index in [-0.39, 0.29) is 12.8 Å². The number of unbranched alkanes of at least 4 members (excludes halogenated alkanes) is 3. The Morgan fingerprint density at radius 2 is 1.89 bits per heavy atom. The van der Waals surface area contributed by atoms with E-state index in [4.69, 9.17) is 4.74 Å². The smallest absolute Gasteiger partial charge is 0.125 e. The van der Waals surface area contributed by atoms with Gasteiger partial charge in [-0.15, -0.1) is 11.8 Å². The van der Waals surface area contributed by atoms with Gasteiger partial charge in [-0.05, 0) is 42.2 Å². The van der Waals surface area contributed by atoms with Crippen LogP contribution in [0.15, 0.2) is 36.4 Å². The highest BCUT2D eigenvalue weighted by atomic mass is 16.5. The molecule has 27 heavy (non-hydrogen) atoms. The van der Waals surface area contributed by atoms with Gasteiger partial charge in [0.05, 0.1) is 12.7 Å². The predicted octanol–water partition coefficient (Wildman–Crippen LogP) is 3.76. The number of hydrogen-bond donors (Lipinski definition) is 1. The Morgan fingerprint density at radius 3 is 2.59 bits per heavy atom. The van der Waals surface area contributed by atoms with Crippen LogP contribution >= 0.6 is 0 Å². The third kappa shape index (κ3) is 6.96. The average molecular weight is 367 g/mol. The lowest BCUT2D eigenvalue weighted by molar-refractivity contribution is -0.305. The van der Waals surface area contributed by atoms with Crippen LogP contribution in [0.25, 0.3) is 10.8 Å². The van der Waals surface area contributed by atoms with Crippen LogP contribution in [0.3, 0.4) is 0 Å². The van der Waals surface area contributed by atoms with Gasteiger partial charge in [-0.3, -0.25) is 0 Å². The Hall–Kier alpha value is -2.51. The molecule has 0 amide bonds. The first-order valence-corrected chi connectivity index (χ1v) is 9.61. The van der Waals surface area contributed by atoms with Crippen molar-refractivity contribution in [1.82, 2.24) is 0 Å². The van der Waals surface area contributed by atoms with Crippen molar-refractivity contribution in [2.45, 2.75) is 58.0 Å². The molecule has 0 fully saturated rings. The number of aliphatic carboxylic acids is 1. The summed E-state index contributed by atoms with van der Waals surface area (Å²) >= 11 is 0. The largest absolute Gasteiger partial charge is 0.550 e. The number of carbonyl (C=O) groups excluding carboxylic acids is 1. The lowest BCUT2D eigenvalue weighted by atomic mass is 10.0. The summed E-state index contributed by atoms with van der Waals surface area (Å²) in [6.07, 6.45) is 3.73. The fourth-order valence-corrected chi connectivity index (χ4v) is 2.84. The van der Waals surface area contributed by atoms with Crippen LogP contribution in [0.5, 0.6) is 5.75 Å². The van der Waals surface area contributed by atoms with Crippen molar-refractivity contribution in [2.24, 2.45) is 0 Å². The van der Waals surface area contributed by atoms with Gasteiger partial charge in [-0.2, -0.15) is 0 Å². The average Bonchev–Trinajstić information content (AvgIpc) is 2.67. The van der Waals surface area contributed by atoms with Gasteiger partial charge in [0, 0.05) is 24.4 Å². The number of carbonyl (C=O) groups is 1. The van der Waals surface area contributed by atoms with Crippen LogP contribution in [0.2, 0.25) is 0 Å². The summed E-state index contributed by atoms with van der Waals surface area (Å²) in [6, 6.07) is 11.9. The fourth-order valence-electron chi connectivity index (χ4n) is 2.84. The van der Waals surface area contributed by atoms with Crippen molar-refractivity contribution in [3.05, 3.63) is 42.0 Å². The number of ether oxygens (including phenoxy) is 1. The number of hydrogen-bond acceptors (Lipinski definition) is 4. The van der Waals surface area contributed by atoms with E-state index in [2.05, 4.69) is 18.8 Å². The van der Waals surface area contributed by atoms with E-state index < -0.39 is 12.1 Å². The van der Waals surface area contributed by atoms with Gasteiger partial charge in [-0.25, -0.2) is 0 Å². The number of carboxylic acids is 1. The molecule has 4 heteroatoms. The van der Waals surface area contributed by atoms with E-state index >= 15 is 0 Å². The van der Waals surface area contributed by atoms with Crippen molar-refractivity contribution in [2.75, 3.05) is 6.61 Å². The molecule has 0 aromatic heterocycles. The molecular weight excluding hydrogens is 340 g/mol. The number of aliphatic hydroxyl groups excluding tert-OH is 1. The maximum atomic E-state index is 10.6. The topological polar surface area (TPSA) is 69.6 Å². The minimum Gasteiger partial charge on any atom is -0.550 e. The summed E-state index contributed by atoms with van der Waals surface area (Å²) in [5, 5.41) is 23.1. The van der Waals surface area contributed by atoms with Crippen molar-refractivity contribution < 1.29 is 19.7 Å². The Labute approximate surface area is 161 Å². The van der Waals surface area contributed by atoms with Crippen LogP contribution in [0, 0.1) is 11.8 Å². The maximum Gasteiger partial charge on any atom is 0.125 e. The monoisotopic (exact) mass is 367 g/mol. The molecule has 2 aromatic rings. The van der Waals surface area contributed by atoms with Crippen LogP contribution in [0.1, 0.15) is 63.5 Å². The van der Waals surface area contributed by atoms with E-state index in [0.717, 1.165) is 35.6 Å². The number of benzene rings is 2. The molecule has 0 spiro atoms. The number of fused-ring (bicyclic) bond motifs is 1. The van der Waals surface area contributed by atoms with Gasteiger partial charge in [0.2, 0.25) is 0 Å². The van der Waals surface area contributed by atoms with Gasteiger partial charge in [-0.1, -0.05) is 44.0 Å². The van der Waals surface area contributed by atoms with Crippen molar-refractivity contribution >= 4 is 16.7 Å². The normalized spacial score (nSPS) is 11.6. The summed E-state index contributed by atoms with van der Waals surface area (Å²) in [6.45, 7) is 2.78. The van der Waals surface area contributed by atoms with Gasteiger partial charge in [0.25, 0.3) is 0 Å². The van der Waals surface area contributed by atoms with Gasteiger partial charge in [0.15, 0.2) is 0 Å². The number of rotatable bonds is 10. The molecule has 1 atom stereocenters. The highest BCUT2D eigenvalue weighted by molar-refractivity contribution is 5.85. The lowest BCUT2D eigenvalue weighted by Gasteiger charge is -2.16. The number of carboxylic acid groups (broad SMARTS) is 1. The Kier molecular flexibility index (Phi) is 8.67. The molecule has 0 aliphatic rings. The summed E-state index contributed by atoms with van der Waals surface area (Å²) in [4.78, 5) is 10.4. The third-order valence-corrected chi connectivity index (χ3v) is 4.35. The molecule has 1 unspecified atom stereocenters. The molecule has 1 N–H and O–H groups in total. The first kappa shape index (κ1) is 20.8. The summed E-state index contributed by atoms with van der Waals surface area (Å²) < 4.78 is 5.96. The number of aliphatic hydroxyl groups is 1. The molecule has 0 aliphatic heterocycles. The lowest BCUT2D eigenvalue weighted by Crippen LogP contribution is -2.21. The molecule has 2 rings (SSSR count). The Balaban J connectivity index is 2.08. The van der Waals surface area contributed by atoms with Gasteiger partial charge >= 0.3 is 0 Å². The third-order valence-electron chi connectivity index (χ3n) is 4.35. The van der Waals surface area contributed by atoms with Crippen molar-refractivity contribution in [3.63, 3.8) is 0 Å². The molecule has 0 radical (unpaired) electrons. The fraction of sp³-hybridized carbons (Fsp3) is 0.435. The van der Waals surface area contributed by atoms with E-state index in [1.165, 1.54) is 0 Å². The van der Waals surface area contributed by atoms with Crippen molar-refractivity contribution in [3.8, 4) is 17.6 Å². The maximum absolute atomic E-state index is 10.6. The highest BCUT2D eigenvalue weighted by Gasteiger charge is 2.14. The second-order valence-corrected chi connectivity index (χ2v) is 6.59. The molecule has 0 heterocycles. The first-order valence-electron chi connectivity index (χ1n) is 9.61. The molecule has 0 aliphatic carbocycles. The van der Waals surface area contributed by atoms with Crippen LogP contribution in [-0.2, 0) is 4.79 Å². The zero-order valence-corrected chi connectivity index (χ0v) is 15.9. The first-order chi connectivity index (χ1) is 13.1. The predicted molar refractivity (Wildman–Crippen MR) is 105 cm³/mol. The Morgan fingerprint density at radius 1 is 1.15 bits per heavy atom. The molecule has 4 nitrogen and oxygen atoms in total. The molecular formula is C23H27O4-. The highest BCUT2D eigenvalue weighted by Crippen LogP contribution is 2.32. The van der Waals surface area contributed by atoms with Crippen LogP contribution < -0.4 is 9.84 Å². The Bertz CT molecular complexity index is 801. The summed E-state index contributed by atoms with van der Waals surface area (Å²) in [7, 11) is 0. The summed E-state index contributed by atoms with van der Waals surface area (Å²) in [5.41, 5.74) is 0.745. The van der Waals surface area contributed by atoms with Gasteiger partial charge < -0.3 is 19.7 Å². The molecule has 0 bridgehead atoms. The quantitative estimate of drug-likeness (QED) is 0.513. The zero-order valence-electron chi connectivity index (χ0n) is 15.9. The SMILES string of the molecule is CCCCCOc1cc2ccccc2cc1C(O)CC#CCCCC(=O)[O-].